The van der Waals surface area contributed by atoms with Crippen molar-refractivity contribution in [3.8, 4) is 0 Å². The van der Waals surface area contributed by atoms with Crippen molar-refractivity contribution in [2.24, 2.45) is 23.7 Å². The van der Waals surface area contributed by atoms with E-state index in [1.54, 1.807) is 0 Å². The average Bonchev–Trinajstić information content (AvgIpc) is 4.04. The number of rotatable bonds is 34. The van der Waals surface area contributed by atoms with Crippen LogP contribution < -0.4 is 0 Å². The van der Waals surface area contributed by atoms with Gasteiger partial charge in [-0.05, 0) is 42.9 Å². The topological polar surface area (TPSA) is 376 Å². The zero-order chi connectivity index (χ0) is 55.8. The van der Waals surface area contributed by atoms with Crippen LogP contribution in [-0.4, -0.2) is 259 Å². The van der Waals surface area contributed by atoms with Crippen LogP contribution in [0, 0.1) is 23.7 Å². The van der Waals surface area contributed by atoms with Crippen LogP contribution >= 0.6 is 0 Å². The van der Waals surface area contributed by atoms with E-state index >= 15 is 0 Å². The molecular weight excluding hydrogens is 1020 g/mol. The predicted molar refractivity (Wildman–Crippen MR) is 268 cm³/mol. The lowest BCUT2D eigenvalue weighted by atomic mass is 9.76. The van der Waals surface area contributed by atoms with Crippen LogP contribution in [0.4, 0.5) is 0 Å². The largest absolute Gasteiger partial charge is 0.394 e. The molecule has 0 spiro atoms. The van der Waals surface area contributed by atoms with Gasteiger partial charge in [-0.1, -0.05) is 104 Å². The Morgan fingerprint density at radius 3 is 0.935 bits per heavy atom. The van der Waals surface area contributed by atoms with E-state index in [0.717, 1.165) is 51.4 Å². The first-order valence-corrected chi connectivity index (χ1v) is 28.8. The fraction of sp³-hybridized carbons (Fsp3) is 1.00. The first-order valence-electron chi connectivity index (χ1n) is 28.8. The highest BCUT2D eigenvalue weighted by molar-refractivity contribution is 5.09. The van der Waals surface area contributed by atoms with Crippen LogP contribution in [-0.2, 0) is 47.4 Å². The first-order chi connectivity index (χ1) is 37.1. The van der Waals surface area contributed by atoms with Gasteiger partial charge in [-0.25, -0.2) is 0 Å². The van der Waals surface area contributed by atoms with Gasteiger partial charge in [0.2, 0.25) is 0 Å². The van der Waals surface area contributed by atoms with Crippen molar-refractivity contribution < 1.29 is 119 Å². The Morgan fingerprint density at radius 1 is 0.325 bits per heavy atom. The summed E-state index contributed by atoms with van der Waals surface area (Å²) in [6.07, 6.45) is -17.7. The smallest absolute Gasteiger partial charge is 0.187 e. The molecule has 6 aliphatic rings. The molecule has 26 atom stereocenters. The van der Waals surface area contributed by atoms with Crippen LogP contribution in [0.1, 0.15) is 123 Å². The highest BCUT2D eigenvalue weighted by Crippen LogP contribution is 2.56. The van der Waals surface area contributed by atoms with E-state index in [9.17, 15) is 71.5 Å². The number of ether oxygens (including phenoxy) is 10. The molecule has 24 heteroatoms. The molecule has 4 aliphatic heterocycles. The lowest BCUT2D eigenvalue weighted by Gasteiger charge is -2.49. The summed E-state index contributed by atoms with van der Waals surface area (Å²) in [6, 6.07) is 0. The van der Waals surface area contributed by atoms with Gasteiger partial charge in [0.05, 0.1) is 51.8 Å². The van der Waals surface area contributed by atoms with Gasteiger partial charge < -0.3 is 119 Å². The Kier molecular flexibility index (Phi) is 27.7. The fourth-order valence-corrected chi connectivity index (χ4v) is 12.2. The van der Waals surface area contributed by atoms with Crippen molar-refractivity contribution in [3.05, 3.63) is 0 Å². The molecule has 0 aromatic carbocycles. The third-order valence-corrected chi connectivity index (χ3v) is 16.8. The lowest BCUT2D eigenvalue weighted by molar-refractivity contribution is -0.378. The maximum Gasteiger partial charge on any atom is 0.187 e. The molecule has 0 aromatic heterocycles. The van der Waals surface area contributed by atoms with E-state index in [1.165, 1.54) is 51.4 Å². The zero-order valence-corrected chi connectivity index (χ0v) is 45.0. The molecule has 2 saturated carbocycles. The average molecular weight is 1120 g/mol. The predicted octanol–water partition coefficient (Wildman–Crippen LogP) is -1.80. The third kappa shape index (κ3) is 16.7. The number of unbranched alkanes of at least 4 members (excludes halogenated alkanes) is 14. The molecule has 0 aromatic rings. The van der Waals surface area contributed by atoms with Crippen molar-refractivity contribution in [2.75, 3.05) is 52.9 Å². The molecule has 452 valence electrons. The van der Waals surface area contributed by atoms with Gasteiger partial charge >= 0.3 is 0 Å². The van der Waals surface area contributed by atoms with Gasteiger partial charge in [0.15, 0.2) is 25.2 Å². The van der Waals surface area contributed by atoms with Crippen LogP contribution in [0.3, 0.4) is 0 Å². The first kappa shape index (κ1) is 65.2. The Hall–Kier alpha value is -0.960. The molecule has 6 rings (SSSR count). The van der Waals surface area contributed by atoms with E-state index in [-0.39, 0.29) is 11.8 Å². The van der Waals surface area contributed by atoms with Crippen LogP contribution in [0.25, 0.3) is 0 Å². The Balaban J connectivity index is 1.21. The standard InChI is InChI=1S/C53H96O24/c1-3-5-7-9-11-13-15-17-19-68-26-30-28-21-29(31(30)27-69-20-18-16-14-12-10-8-6-4-2)47(75-53-45(67)41(63)49(35(25-57)73-53)77-51-43(65)39(61)37(59)33(23-55)71-51)46(28)74-52-44(66)40(62)48(34(24-56)72-52)76-50-42(64)38(60)36(58)32(22-54)70-50/h28-67H,3-27H2,1-2H3/t28-,29?,30-,31?,32?,33?,34?,35?,36+,37+,38-,39-,40+,41+,42?,43?,44?,45?,46+,47?,48+,49+,50+,51+,52-,53-/m0/s1. The van der Waals surface area contributed by atoms with Crippen LogP contribution in [0.2, 0.25) is 0 Å². The molecule has 0 radical (unpaired) electrons. The van der Waals surface area contributed by atoms with Gasteiger partial charge in [0, 0.05) is 13.2 Å². The Morgan fingerprint density at radius 2 is 0.610 bits per heavy atom. The monoisotopic (exact) mass is 1120 g/mol. The molecule has 2 aliphatic carbocycles. The highest BCUT2D eigenvalue weighted by atomic mass is 16.8. The summed E-state index contributed by atoms with van der Waals surface area (Å²) < 4.78 is 60.9. The second-order valence-electron chi connectivity index (χ2n) is 22.2. The van der Waals surface area contributed by atoms with E-state index < -0.39 is 173 Å². The molecular formula is C53H96O24. The van der Waals surface area contributed by atoms with E-state index in [4.69, 9.17) is 47.4 Å². The van der Waals surface area contributed by atoms with Crippen LogP contribution in [0.5, 0.6) is 0 Å². The van der Waals surface area contributed by atoms with Gasteiger partial charge in [-0.2, -0.15) is 0 Å². The second-order valence-corrected chi connectivity index (χ2v) is 22.2. The van der Waals surface area contributed by atoms with Gasteiger partial charge in [0.25, 0.3) is 0 Å². The van der Waals surface area contributed by atoms with E-state index in [0.29, 0.717) is 32.8 Å². The van der Waals surface area contributed by atoms with Crippen molar-refractivity contribution in [2.45, 2.75) is 258 Å². The minimum atomic E-state index is -1.90. The summed E-state index contributed by atoms with van der Waals surface area (Å²) in [5.41, 5.74) is 0. The van der Waals surface area contributed by atoms with Gasteiger partial charge in [0.1, 0.15) is 97.7 Å². The summed E-state index contributed by atoms with van der Waals surface area (Å²) in [4.78, 5) is 0. The summed E-state index contributed by atoms with van der Waals surface area (Å²) >= 11 is 0. The molecule has 14 N–H and O–H groups in total. The molecule has 0 amide bonds. The third-order valence-electron chi connectivity index (χ3n) is 16.8. The van der Waals surface area contributed by atoms with E-state index in [2.05, 4.69) is 13.8 Å². The fourth-order valence-electron chi connectivity index (χ4n) is 12.2. The van der Waals surface area contributed by atoms with Crippen molar-refractivity contribution in [1.82, 2.24) is 0 Å². The lowest BCUT2D eigenvalue weighted by Crippen LogP contribution is -2.66. The maximum absolute atomic E-state index is 11.7. The quantitative estimate of drug-likeness (QED) is 0.0316. The maximum atomic E-state index is 11.7. The SMILES string of the molecule is CCCCCCCCCCOCC1C2C[C@@H]([C@@H]1COCCCCCCCCCC)[C@@H](O[C@@H]1OC(CO)[C@@H](O[C@H]3OC(CO)[C@@H](O)[C@H](O)C3O)[C@H](O)C1O)C2O[C@@H]1OC(CO)[C@@H](O[C@H]2OC(CO)[C@@H](O)[C@H](O)C2O)[C@H](O)C1O. The molecule has 4 heterocycles. The molecule has 11 unspecified atom stereocenters. The van der Waals surface area contributed by atoms with Crippen molar-refractivity contribution in [1.29, 1.82) is 0 Å². The molecule has 6 fully saturated rings. The summed E-state index contributed by atoms with van der Waals surface area (Å²) in [6.45, 7) is 2.87. The zero-order valence-electron chi connectivity index (χ0n) is 45.0. The number of aliphatic hydroxyl groups excluding tert-OH is 14. The van der Waals surface area contributed by atoms with E-state index in [1.807, 2.05) is 0 Å². The molecule has 2 bridgehead atoms. The Bertz CT molecular complexity index is 1490. The normalized spacial score (nSPS) is 43.3. The van der Waals surface area contributed by atoms with Gasteiger partial charge in [-0.15, -0.1) is 0 Å². The van der Waals surface area contributed by atoms with Crippen LogP contribution in [0.15, 0.2) is 0 Å². The molecule has 4 saturated heterocycles. The second kappa shape index (κ2) is 32.8. The highest BCUT2D eigenvalue weighted by Gasteiger charge is 2.63. The molecule has 77 heavy (non-hydrogen) atoms. The minimum absolute atomic E-state index is 0.205. The number of hydrogen-bond acceptors (Lipinski definition) is 24. The van der Waals surface area contributed by atoms with Crippen molar-refractivity contribution in [3.63, 3.8) is 0 Å². The van der Waals surface area contributed by atoms with Crippen molar-refractivity contribution >= 4 is 0 Å². The number of fused-ring (bicyclic) bond motifs is 2. The minimum Gasteiger partial charge on any atom is -0.394 e. The van der Waals surface area contributed by atoms with Gasteiger partial charge in [-0.3, -0.25) is 0 Å². The number of hydrogen-bond donors (Lipinski definition) is 14. The summed E-state index contributed by atoms with van der Waals surface area (Å²) in [5.74, 6) is -1.21. The summed E-state index contributed by atoms with van der Waals surface area (Å²) in [7, 11) is 0. The summed E-state index contributed by atoms with van der Waals surface area (Å²) in [5, 5.41) is 150. The Labute approximate surface area is 452 Å². The molecule has 24 nitrogen and oxygen atoms in total. The number of aliphatic hydroxyl groups is 14.